The zero-order valence-corrected chi connectivity index (χ0v) is 18.0. The summed E-state index contributed by atoms with van der Waals surface area (Å²) in [4.78, 5) is 30.5. The summed E-state index contributed by atoms with van der Waals surface area (Å²) in [7, 11) is 0. The maximum absolute atomic E-state index is 12.5. The number of amides is 2. The van der Waals surface area contributed by atoms with Crippen molar-refractivity contribution >= 4 is 11.8 Å². The van der Waals surface area contributed by atoms with Gasteiger partial charge in [0.05, 0.1) is 11.8 Å². The lowest BCUT2D eigenvalue weighted by Crippen LogP contribution is -2.48. The maximum Gasteiger partial charge on any atom is 0.354 e. The molecule has 1 aromatic carbocycles. The van der Waals surface area contributed by atoms with E-state index in [1.165, 1.54) is 4.57 Å². The number of aliphatic hydroxyl groups excluding tert-OH is 1. The van der Waals surface area contributed by atoms with Crippen molar-refractivity contribution in [2.75, 3.05) is 31.5 Å². The number of aliphatic hydroxyl groups is 1. The molecule has 1 aliphatic heterocycles. The number of benzene rings is 1. The minimum atomic E-state index is -0.459. The van der Waals surface area contributed by atoms with Gasteiger partial charge in [0, 0.05) is 51.0 Å². The van der Waals surface area contributed by atoms with E-state index in [1.54, 1.807) is 17.2 Å². The summed E-state index contributed by atoms with van der Waals surface area (Å²) in [6.45, 7) is 3.42. The fourth-order valence-electron chi connectivity index (χ4n) is 4.26. The monoisotopic (exact) mass is 441 g/mol. The van der Waals surface area contributed by atoms with Crippen molar-refractivity contribution in [1.29, 1.82) is 0 Å². The Morgan fingerprint density at radius 3 is 2.59 bits per heavy atom. The van der Waals surface area contributed by atoms with Crippen LogP contribution in [0.5, 0.6) is 0 Å². The van der Waals surface area contributed by atoms with Gasteiger partial charge in [-0.25, -0.2) is 9.59 Å². The second-order valence-corrected chi connectivity index (χ2v) is 8.50. The number of piperazine rings is 1. The molecule has 1 aromatic heterocycles. The molecule has 2 aromatic rings. The Kier molecular flexibility index (Phi) is 7.15. The molecule has 0 spiro atoms. The van der Waals surface area contributed by atoms with Crippen LogP contribution >= 0.6 is 0 Å². The van der Waals surface area contributed by atoms with Crippen LogP contribution in [0.1, 0.15) is 24.8 Å². The van der Waals surface area contributed by atoms with E-state index in [2.05, 4.69) is 20.9 Å². The largest absolute Gasteiger partial charge is 0.393 e. The van der Waals surface area contributed by atoms with Gasteiger partial charge in [0.15, 0.2) is 0 Å². The molecule has 10 heteroatoms. The third kappa shape index (κ3) is 5.71. The molecule has 4 rings (SSSR count). The molecule has 2 fully saturated rings. The molecule has 2 heterocycles. The highest BCUT2D eigenvalue weighted by Crippen LogP contribution is 2.18. The van der Waals surface area contributed by atoms with E-state index >= 15 is 0 Å². The third-order valence-corrected chi connectivity index (χ3v) is 5.97. The van der Waals surface area contributed by atoms with E-state index in [4.69, 9.17) is 5.73 Å². The zero-order valence-electron chi connectivity index (χ0n) is 18.0. The second kappa shape index (κ2) is 10.2. The summed E-state index contributed by atoms with van der Waals surface area (Å²) in [6, 6.07) is 9.23. The van der Waals surface area contributed by atoms with Crippen molar-refractivity contribution in [3.05, 3.63) is 52.6 Å². The van der Waals surface area contributed by atoms with E-state index in [-0.39, 0.29) is 30.0 Å². The summed E-state index contributed by atoms with van der Waals surface area (Å²) >= 11 is 0. The van der Waals surface area contributed by atoms with Gasteiger partial charge < -0.3 is 26.4 Å². The molecule has 1 saturated carbocycles. The Hall–Kier alpha value is -2.79. The number of nitrogens with two attached hydrogens (primary N) is 1. The lowest BCUT2D eigenvalue weighted by atomic mass is 9.89. The summed E-state index contributed by atoms with van der Waals surface area (Å²) in [5.41, 5.74) is 7.30. The molecule has 6 N–H and O–H groups in total. The number of aromatic nitrogens is 2. The molecular formula is C22H31N7O3. The van der Waals surface area contributed by atoms with Crippen LogP contribution in [0.25, 0.3) is 5.69 Å². The van der Waals surface area contributed by atoms with Crippen molar-refractivity contribution in [3.63, 3.8) is 0 Å². The molecule has 2 amide bonds. The van der Waals surface area contributed by atoms with E-state index in [0.717, 1.165) is 25.1 Å². The highest BCUT2D eigenvalue weighted by molar-refractivity contribution is 5.88. The Labute approximate surface area is 186 Å². The van der Waals surface area contributed by atoms with Gasteiger partial charge in [-0.1, -0.05) is 12.1 Å². The normalized spacial score (nSPS) is 23.7. The molecule has 0 bridgehead atoms. The molecule has 32 heavy (non-hydrogen) atoms. The smallest absolute Gasteiger partial charge is 0.354 e. The predicted molar refractivity (Wildman–Crippen MR) is 122 cm³/mol. The van der Waals surface area contributed by atoms with Gasteiger partial charge in [0.2, 0.25) is 0 Å². The third-order valence-electron chi connectivity index (χ3n) is 5.97. The topological polar surface area (TPSA) is 138 Å². The standard InChI is InChI=1S/C22H31N7O3/c23-16-11-17(13-19(30)12-16)25-14-15-1-3-18(4-2-15)29-8-5-20(27-22(29)32)26-21(31)28-9-6-24-7-10-28/h1-5,8,16-17,19,24-25,30H,6-7,9-14,23H2,(H,26,27,31,32). The molecule has 1 saturated heterocycles. The van der Waals surface area contributed by atoms with Crippen LogP contribution in [-0.4, -0.2) is 70.0 Å². The van der Waals surface area contributed by atoms with Crippen LogP contribution in [0.15, 0.2) is 41.3 Å². The molecule has 1 aliphatic carbocycles. The van der Waals surface area contributed by atoms with Gasteiger partial charge in [0.25, 0.3) is 0 Å². The van der Waals surface area contributed by atoms with Gasteiger partial charge in [-0.3, -0.25) is 9.88 Å². The molecule has 0 radical (unpaired) electrons. The quantitative estimate of drug-likeness (QED) is 0.440. The first kappa shape index (κ1) is 22.4. The molecule has 3 unspecified atom stereocenters. The minimum absolute atomic E-state index is 0.0302. The lowest BCUT2D eigenvalue weighted by Gasteiger charge is -2.31. The number of rotatable bonds is 5. The number of urea groups is 1. The Balaban J connectivity index is 1.35. The van der Waals surface area contributed by atoms with Gasteiger partial charge in [0.1, 0.15) is 5.82 Å². The number of hydrogen-bond donors (Lipinski definition) is 5. The lowest BCUT2D eigenvalue weighted by molar-refractivity contribution is 0.101. The first-order chi connectivity index (χ1) is 15.5. The molecule has 10 nitrogen and oxygen atoms in total. The first-order valence-electron chi connectivity index (χ1n) is 11.1. The molecular weight excluding hydrogens is 410 g/mol. The molecule has 3 atom stereocenters. The van der Waals surface area contributed by atoms with Crippen molar-refractivity contribution in [2.45, 2.75) is 44.0 Å². The van der Waals surface area contributed by atoms with Crippen molar-refractivity contribution < 1.29 is 9.90 Å². The van der Waals surface area contributed by atoms with Gasteiger partial charge >= 0.3 is 11.7 Å². The average molecular weight is 442 g/mol. The Morgan fingerprint density at radius 2 is 1.91 bits per heavy atom. The van der Waals surface area contributed by atoms with Crippen LogP contribution in [0, 0.1) is 0 Å². The SMILES string of the molecule is NC1CC(O)CC(NCc2ccc(-n3ccc(NC(=O)N4CCNCC4)nc3=O)cc2)C1. The summed E-state index contributed by atoms with van der Waals surface area (Å²) in [6.07, 6.45) is 3.50. The van der Waals surface area contributed by atoms with Crippen LogP contribution in [-0.2, 0) is 6.54 Å². The van der Waals surface area contributed by atoms with Gasteiger partial charge in [-0.15, -0.1) is 0 Å². The molecule has 2 aliphatic rings. The van der Waals surface area contributed by atoms with E-state index < -0.39 is 5.69 Å². The van der Waals surface area contributed by atoms with Crippen molar-refractivity contribution in [1.82, 2.24) is 25.1 Å². The Morgan fingerprint density at radius 1 is 1.16 bits per heavy atom. The number of carbonyl (C=O) groups is 1. The van der Waals surface area contributed by atoms with Crippen LogP contribution < -0.4 is 27.4 Å². The highest BCUT2D eigenvalue weighted by Gasteiger charge is 2.25. The summed E-state index contributed by atoms with van der Waals surface area (Å²) < 4.78 is 1.44. The van der Waals surface area contributed by atoms with E-state index in [9.17, 15) is 14.7 Å². The summed E-state index contributed by atoms with van der Waals surface area (Å²) in [5, 5.41) is 19.2. The number of nitrogens with one attached hydrogen (secondary N) is 3. The fourth-order valence-corrected chi connectivity index (χ4v) is 4.26. The predicted octanol–water partition coefficient (Wildman–Crippen LogP) is -0.0001000. The van der Waals surface area contributed by atoms with Crippen LogP contribution in [0.4, 0.5) is 10.6 Å². The Bertz CT molecular complexity index is 962. The first-order valence-corrected chi connectivity index (χ1v) is 11.1. The van der Waals surface area contributed by atoms with Crippen LogP contribution in [0.2, 0.25) is 0 Å². The van der Waals surface area contributed by atoms with Gasteiger partial charge in [-0.2, -0.15) is 4.98 Å². The van der Waals surface area contributed by atoms with Crippen LogP contribution in [0.3, 0.4) is 0 Å². The van der Waals surface area contributed by atoms with Gasteiger partial charge in [-0.05, 0) is 43.0 Å². The number of hydrogen-bond acceptors (Lipinski definition) is 7. The van der Waals surface area contributed by atoms with Crippen molar-refractivity contribution in [2.24, 2.45) is 5.73 Å². The average Bonchev–Trinajstić information content (AvgIpc) is 2.78. The van der Waals surface area contributed by atoms with Crippen molar-refractivity contribution in [3.8, 4) is 5.69 Å². The van der Waals surface area contributed by atoms with E-state index in [0.29, 0.717) is 38.2 Å². The number of carbonyl (C=O) groups excluding carboxylic acids is 1. The number of anilines is 1. The maximum atomic E-state index is 12.5. The fraction of sp³-hybridized carbons (Fsp3) is 0.500. The number of nitrogens with zero attached hydrogens (tertiary/aromatic N) is 3. The van der Waals surface area contributed by atoms with E-state index in [1.807, 2.05) is 24.3 Å². The minimum Gasteiger partial charge on any atom is -0.393 e. The summed E-state index contributed by atoms with van der Waals surface area (Å²) in [5.74, 6) is 0.239. The zero-order chi connectivity index (χ0) is 22.5. The highest BCUT2D eigenvalue weighted by atomic mass is 16.3. The second-order valence-electron chi connectivity index (χ2n) is 8.50. The molecule has 172 valence electrons.